The van der Waals surface area contributed by atoms with E-state index in [0.717, 1.165) is 22.4 Å². The Morgan fingerprint density at radius 3 is 2.74 bits per heavy atom. The van der Waals surface area contributed by atoms with E-state index in [4.69, 9.17) is 4.74 Å². The minimum absolute atomic E-state index is 0.202. The summed E-state index contributed by atoms with van der Waals surface area (Å²) in [5.41, 5.74) is 4.29. The van der Waals surface area contributed by atoms with Gasteiger partial charge in [0, 0.05) is 24.6 Å². The van der Waals surface area contributed by atoms with Gasteiger partial charge in [-0.1, -0.05) is 31.2 Å². The van der Waals surface area contributed by atoms with Gasteiger partial charge in [0.25, 0.3) is 0 Å². The van der Waals surface area contributed by atoms with Crippen molar-refractivity contribution in [1.82, 2.24) is 19.8 Å². The third kappa shape index (κ3) is 4.03. The first-order chi connectivity index (χ1) is 15.0. The zero-order valence-corrected chi connectivity index (χ0v) is 17.7. The highest BCUT2D eigenvalue weighted by molar-refractivity contribution is 6.04. The van der Waals surface area contributed by atoms with Crippen LogP contribution in [0.1, 0.15) is 42.0 Å². The van der Waals surface area contributed by atoms with Crippen LogP contribution in [0.2, 0.25) is 0 Å². The van der Waals surface area contributed by atoms with Gasteiger partial charge in [0.15, 0.2) is 0 Å². The summed E-state index contributed by atoms with van der Waals surface area (Å²) in [7, 11) is 1.55. The molecule has 8 nitrogen and oxygen atoms in total. The highest BCUT2D eigenvalue weighted by Crippen LogP contribution is 2.25. The van der Waals surface area contributed by atoms with Gasteiger partial charge < -0.3 is 4.74 Å². The summed E-state index contributed by atoms with van der Waals surface area (Å²) < 4.78 is 22.3. The molecule has 31 heavy (non-hydrogen) atoms. The van der Waals surface area contributed by atoms with Crippen molar-refractivity contribution in [1.29, 1.82) is 0 Å². The van der Waals surface area contributed by atoms with Gasteiger partial charge >= 0.3 is 5.69 Å². The van der Waals surface area contributed by atoms with Gasteiger partial charge in [0.1, 0.15) is 12.4 Å². The SMILES string of the molecule is CCC(=N/N=C1\CCc2c(F)cccc21)OCc1c(C)cccc1-n1nnn(C)c1=O. The van der Waals surface area contributed by atoms with Crippen LogP contribution in [-0.2, 0) is 24.8 Å². The number of fused-ring (bicyclic) bond motifs is 1. The summed E-state index contributed by atoms with van der Waals surface area (Å²) in [5.74, 6) is 0.253. The van der Waals surface area contributed by atoms with E-state index in [0.29, 0.717) is 36.4 Å². The molecule has 9 heteroatoms. The Kier molecular flexibility index (Phi) is 5.75. The van der Waals surface area contributed by atoms with Crippen molar-refractivity contribution in [3.8, 4) is 5.69 Å². The minimum atomic E-state index is -0.338. The van der Waals surface area contributed by atoms with Crippen LogP contribution in [0, 0.1) is 12.7 Å². The lowest BCUT2D eigenvalue weighted by atomic mass is 10.1. The molecule has 2 aromatic carbocycles. The van der Waals surface area contributed by atoms with Gasteiger partial charge in [-0.15, -0.1) is 5.10 Å². The molecule has 0 spiro atoms. The molecule has 0 aliphatic heterocycles. The summed E-state index contributed by atoms with van der Waals surface area (Å²) in [6, 6.07) is 10.6. The lowest BCUT2D eigenvalue weighted by Crippen LogP contribution is -2.23. The van der Waals surface area contributed by atoms with Gasteiger partial charge in [0.2, 0.25) is 5.90 Å². The monoisotopic (exact) mass is 422 g/mol. The number of benzene rings is 2. The van der Waals surface area contributed by atoms with E-state index in [2.05, 4.69) is 20.6 Å². The van der Waals surface area contributed by atoms with Crippen LogP contribution in [0.25, 0.3) is 5.69 Å². The van der Waals surface area contributed by atoms with Crippen LogP contribution >= 0.6 is 0 Å². The Hall–Kier alpha value is -3.62. The van der Waals surface area contributed by atoms with Crippen LogP contribution in [-0.4, -0.2) is 31.4 Å². The van der Waals surface area contributed by atoms with Crippen molar-refractivity contribution in [3.05, 3.63) is 75.0 Å². The van der Waals surface area contributed by atoms with Crippen LogP contribution < -0.4 is 5.69 Å². The van der Waals surface area contributed by atoms with Crippen molar-refractivity contribution in [3.63, 3.8) is 0 Å². The normalized spacial score (nSPS) is 14.8. The third-order valence-corrected chi connectivity index (χ3v) is 5.34. The van der Waals surface area contributed by atoms with E-state index in [9.17, 15) is 9.18 Å². The lowest BCUT2D eigenvalue weighted by Gasteiger charge is -2.13. The summed E-state index contributed by atoms with van der Waals surface area (Å²) in [5, 5.41) is 16.3. The fraction of sp³-hybridized carbons (Fsp3) is 0.318. The predicted molar refractivity (Wildman–Crippen MR) is 115 cm³/mol. The van der Waals surface area contributed by atoms with E-state index in [1.54, 1.807) is 19.2 Å². The quantitative estimate of drug-likeness (QED) is 0.359. The first kappa shape index (κ1) is 20.6. The number of halogens is 1. The second kappa shape index (κ2) is 8.63. The van der Waals surface area contributed by atoms with Gasteiger partial charge in [-0.05, 0) is 53.5 Å². The second-order valence-electron chi connectivity index (χ2n) is 7.32. The van der Waals surface area contributed by atoms with Gasteiger partial charge in [0.05, 0.1) is 11.4 Å². The number of aromatic nitrogens is 4. The molecular weight excluding hydrogens is 399 g/mol. The maximum atomic E-state index is 13.9. The number of nitrogens with zero attached hydrogens (tertiary/aromatic N) is 6. The smallest absolute Gasteiger partial charge is 0.368 e. The minimum Gasteiger partial charge on any atom is -0.475 e. The molecule has 4 rings (SSSR count). The van der Waals surface area contributed by atoms with Crippen molar-refractivity contribution in [2.24, 2.45) is 17.3 Å². The molecule has 0 fully saturated rings. The summed E-state index contributed by atoms with van der Waals surface area (Å²) in [4.78, 5) is 12.3. The number of rotatable bonds is 5. The molecule has 1 aromatic heterocycles. The Labute approximate surface area is 178 Å². The number of ether oxygens (including phenoxy) is 1. The molecule has 1 heterocycles. The van der Waals surface area contributed by atoms with Crippen molar-refractivity contribution >= 4 is 11.6 Å². The maximum absolute atomic E-state index is 13.9. The highest BCUT2D eigenvalue weighted by atomic mass is 19.1. The summed E-state index contributed by atoms with van der Waals surface area (Å²) in [6.45, 7) is 4.07. The third-order valence-electron chi connectivity index (χ3n) is 5.34. The van der Waals surface area contributed by atoms with Crippen molar-refractivity contribution < 1.29 is 9.13 Å². The highest BCUT2D eigenvalue weighted by Gasteiger charge is 2.21. The van der Waals surface area contributed by atoms with Gasteiger partial charge in [-0.2, -0.15) is 14.5 Å². The molecule has 3 aromatic rings. The zero-order valence-electron chi connectivity index (χ0n) is 17.7. The molecular formula is C22H23FN6O2. The maximum Gasteiger partial charge on any atom is 0.368 e. The lowest BCUT2D eigenvalue weighted by molar-refractivity contribution is 0.282. The van der Waals surface area contributed by atoms with E-state index >= 15 is 0 Å². The number of hydrogen-bond acceptors (Lipinski definition) is 6. The van der Waals surface area contributed by atoms with E-state index in [-0.39, 0.29) is 18.1 Å². The zero-order chi connectivity index (χ0) is 22.0. The molecule has 0 unspecified atom stereocenters. The van der Waals surface area contributed by atoms with Crippen molar-refractivity contribution in [2.75, 3.05) is 0 Å². The van der Waals surface area contributed by atoms with Crippen LogP contribution in [0.15, 0.2) is 51.4 Å². The van der Waals surface area contributed by atoms with E-state index in [1.807, 2.05) is 32.0 Å². The number of tetrazole rings is 1. The molecule has 0 amide bonds. The van der Waals surface area contributed by atoms with E-state index in [1.165, 1.54) is 15.4 Å². The molecule has 160 valence electrons. The van der Waals surface area contributed by atoms with Crippen LogP contribution in [0.3, 0.4) is 0 Å². The Morgan fingerprint density at radius 2 is 2.00 bits per heavy atom. The average molecular weight is 422 g/mol. The Bertz CT molecular complexity index is 1240. The summed E-state index contributed by atoms with van der Waals surface area (Å²) in [6.07, 6.45) is 1.81. The summed E-state index contributed by atoms with van der Waals surface area (Å²) >= 11 is 0. The molecule has 1 aliphatic rings. The molecule has 0 saturated heterocycles. The Morgan fingerprint density at radius 1 is 1.19 bits per heavy atom. The second-order valence-corrected chi connectivity index (χ2v) is 7.32. The fourth-order valence-corrected chi connectivity index (χ4v) is 3.58. The van der Waals surface area contributed by atoms with E-state index < -0.39 is 0 Å². The predicted octanol–water partition coefficient (Wildman–Crippen LogP) is 3.09. The topological polar surface area (TPSA) is 86.7 Å². The van der Waals surface area contributed by atoms with Gasteiger partial charge in [-0.3, -0.25) is 0 Å². The van der Waals surface area contributed by atoms with Gasteiger partial charge in [-0.25, -0.2) is 9.18 Å². The number of hydrogen-bond donors (Lipinski definition) is 0. The fourth-order valence-electron chi connectivity index (χ4n) is 3.58. The molecule has 0 N–H and O–H groups in total. The van der Waals surface area contributed by atoms with Crippen LogP contribution in [0.5, 0.6) is 0 Å². The van der Waals surface area contributed by atoms with Crippen molar-refractivity contribution in [2.45, 2.75) is 39.7 Å². The largest absolute Gasteiger partial charge is 0.475 e. The first-order valence-electron chi connectivity index (χ1n) is 10.1. The first-order valence-corrected chi connectivity index (χ1v) is 10.1. The average Bonchev–Trinajstić information content (AvgIpc) is 3.33. The Balaban J connectivity index is 1.58. The molecule has 0 atom stereocenters. The molecule has 0 bridgehead atoms. The molecule has 0 radical (unpaired) electrons. The molecule has 1 aliphatic carbocycles. The standard InChI is InChI=1S/C22H23FN6O2/c1-4-21(25-24-19-12-11-15-16(19)8-6-9-18(15)23)31-13-17-14(2)7-5-10-20(17)29-22(30)28(3)26-27-29/h5-10H,4,11-13H2,1-3H3/b24-19+,25-21?. The van der Waals surface area contributed by atoms with Crippen LogP contribution in [0.4, 0.5) is 4.39 Å². The molecule has 0 saturated carbocycles. The number of aryl methyl sites for hydroxylation is 2.